The normalized spacial score (nSPS) is 10.2. The number of pyridine rings is 1. The Kier molecular flexibility index (Phi) is 2.22. The van der Waals surface area contributed by atoms with Crippen molar-refractivity contribution in [2.75, 3.05) is 0 Å². The van der Waals surface area contributed by atoms with Crippen LogP contribution in [0.15, 0.2) is 4.79 Å². The maximum absolute atomic E-state index is 11.2. The zero-order chi connectivity index (χ0) is 9.30. The van der Waals surface area contributed by atoms with E-state index in [0.717, 1.165) is 17.7 Å². The molecule has 0 spiro atoms. The standard InChI is InChI=1S/C9H13NO2/c1-4-7-5(2)8(11)6(3)9(12)10-7/h4H2,1-3H3,(H2,10,11,12). The van der Waals surface area contributed by atoms with Crippen LogP contribution in [0.25, 0.3) is 0 Å². The van der Waals surface area contributed by atoms with Crippen LogP contribution >= 0.6 is 0 Å². The van der Waals surface area contributed by atoms with E-state index in [-0.39, 0.29) is 11.3 Å². The quantitative estimate of drug-likeness (QED) is 0.661. The molecule has 0 atom stereocenters. The van der Waals surface area contributed by atoms with E-state index in [9.17, 15) is 9.90 Å². The first-order chi connectivity index (χ1) is 5.57. The molecule has 3 nitrogen and oxygen atoms in total. The highest BCUT2D eigenvalue weighted by Crippen LogP contribution is 2.19. The Morgan fingerprint density at radius 2 is 1.92 bits per heavy atom. The molecule has 0 saturated heterocycles. The van der Waals surface area contributed by atoms with Crippen molar-refractivity contribution in [3.05, 3.63) is 27.2 Å². The van der Waals surface area contributed by atoms with Gasteiger partial charge in [0, 0.05) is 11.3 Å². The van der Waals surface area contributed by atoms with Gasteiger partial charge in [0.1, 0.15) is 5.75 Å². The number of aromatic hydroxyl groups is 1. The van der Waals surface area contributed by atoms with Crippen LogP contribution in [0.1, 0.15) is 23.7 Å². The first-order valence-corrected chi connectivity index (χ1v) is 3.99. The van der Waals surface area contributed by atoms with Gasteiger partial charge in [-0.1, -0.05) is 6.92 Å². The number of nitrogens with one attached hydrogen (secondary N) is 1. The number of aromatic nitrogens is 1. The van der Waals surface area contributed by atoms with Crippen LogP contribution < -0.4 is 5.56 Å². The third-order valence-electron chi connectivity index (χ3n) is 2.12. The smallest absolute Gasteiger partial charge is 0.254 e. The zero-order valence-electron chi connectivity index (χ0n) is 7.56. The van der Waals surface area contributed by atoms with Crippen molar-refractivity contribution >= 4 is 0 Å². The van der Waals surface area contributed by atoms with E-state index < -0.39 is 0 Å². The Morgan fingerprint density at radius 3 is 2.42 bits per heavy atom. The van der Waals surface area contributed by atoms with Crippen molar-refractivity contribution in [1.29, 1.82) is 0 Å². The number of rotatable bonds is 1. The topological polar surface area (TPSA) is 53.1 Å². The van der Waals surface area contributed by atoms with Gasteiger partial charge in [0.15, 0.2) is 0 Å². The van der Waals surface area contributed by atoms with Crippen LogP contribution in [-0.4, -0.2) is 10.1 Å². The lowest BCUT2D eigenvalue weighted by molar-refractivity contribution is 0.463. The van der Waals surface area contributed by atoms with Crippen LogP contribution in [0.3, 0.4) is 0 Å². The van der Waals surface area contributed by atoms with Crippen LogP contribution in [0.4, 0.5) is 0 Å². The minimum atomic E-state index is -0.199. The fourth-order valence-electron chi connectivity index (χ4n) is 1.21. The third kappa shape index (κ3) is 1.22. The van der Waals surface area contributed by atoms with E-state index in [1.165, 1.54) is 0 Å². The second-order valence-electron chi connectivity index (χ2n) is 2.88. The minimum absolute atomic E-state index is 0.121. The highest BCUT2D eigenvalue weighted by Gasteiger charge is 2.08. The predicted octanol–water partition coefficient (Wildman–Crippen LogP) is 1.26. The van der Waals surface area contributed by atoms with Gasteiger partial charge in [0.05, 0.1) is 5.56 Å². The number of hydrogen-bond donors (Lipinski definition) is 2. The van der Waals surface area contributed by atoms with E-state index in [0.29, 0.717) is 5.56 Å². The lowest BCUT2D eigenvalue weighted by Gasteiger charge is -2.06. The number of aryl methyl sites for hydroxylation is 1. The van der Waals surface area contributed by atoms with Crippen molar-refractivity contribution in [3.63, 3.8) is 0 Å². The van der Waals surface area contributed by atoms with Gasteiger partial charge < -0.3 is 10.1 Å². The number of H-pyrrole nitrogens is 1. The van der Waals surface area contributed by atoms with E-state index in [1.807, 2.05) is 6.92 Å². The third-order valence-corrected chi connectivity index (χ3v) is 2.12. The van der Waals surface area contributed by atoms with Gasteiger partial charge in [-0.2, -0.15) is 0 Å². The minimum Gasteiger partial charge on any atom is -0.507 e. The van der Waals surface area contributed by atoms with E-state index in [2.05, 4.69) is 4.98 Å². The summed E-state index contributed by atoms with van der Waals surface area (Å²) in [5, 5.41) is 9.48. The fraction of sp³-hybridized carbons (Fsp3) is 0.444. The summed E-state index contributed by atoms with van der Waals surface area (Å²) in [7, 11) is 0. The first kappa shape index (κ1) is 8.84. The summed E-state index contributed by atoms with van der Waals surface area (Å²) in [6.45, 7) is 5.35. The van der Waals surface area contributed by atoms with E-state index in [1.54, 1.807) is 13.8 Å². The van der Waals surface area contributed by atoms with Crippen molar-refractivity contribution < 1.29 is 5.11 Å². The number of aromatic amines is 1. The van der Waals surface area contributed by atoms with Crippen molar-refractivity contribution in [3.8, 4) is 5.75 Å². The molecular formula is C9H13NO2. The van der Waals surface area contributed by atoms with Gasteiger partial charge in [-0.05, 0) is 20.3 Å². The molecule has 1 aromatic heterocycles. The molecule has 0 bridgehead atoms. The molecule has 0 aromatic carbocycles. The van der Waals surface area contributed by atoms with Gasteiger partial charge in [0.25, 0.3) is 5.56 Å². The van der Waals surface area contributed by atoms with Crippen molar-refractivity contribution in [2.24, 2.45) is 0 Å². The SMILES string of the molecule is CCc1[nH]c(=O)c(C)c(O)c1C. The zero-order valence-corrected chi connectivity index (χ0v) is 7.56. The maximum Gasteiger partial charge on any atom is 0.254 e. The highest BCUT2D eigenvalue weighted by atomic mass is 16.3. The van der Waals surface area contributed by atoms with Crippen LogP contribution in [0, 0.1) is 13.8 Å². The molecule has 1 aromatic rings. The molecule has 1 rings (SSSR count). The molecule has 0 saturated carbocycles. The summed E-state index contributed by atoms with van der Waals surface area (Å²) in [5.41, 5.74) is 1.78. The predicted molar refractivity (Wildman–Crippen MR) is 47.6 cm³/mol. The maximum atomic E-state index is 11.2. The average Bonchev–Trinajstić information content (AvgIpc) is 2.08. The lowest BCUT2D eigenvalue weighted by atomic mass is 10.1. The average molecular weight is 167 g/mol. The summed E-state index contributed by atoms with van der Waals surface area (Å²) in [4.78, 5) is 13.9. The van der Waals surface area contributed by atoms with Gasteiger partial charge in [-0.15, -0.1) is 0 Å². The Balaban J connectivity index is 3.50. The Hall–Kier alpha value is -1.25. The number of hydrogen-bond acceptors (Lipinski definition) is 2. The van der Waals surface area contributed by atoms with Crippen molar-refractivity contribution in [1.82, 2.24) is 4.98 Å². The molecule has 0 unspecified atom stereocenters. The summed E-state index contributed by atoms with van der Waals surface area (Å²) in [6, 6.07) is 0. The summed E-state index contributed by atoms with van der Waals surface area (Å²) in [5.74, 6) is 0.121. The van der Waals surface area contributed by atoms with Gasteiger partial charge in [0.2, 0.25) is 0 Å². The summed E-state index contributed by atoms with van der Waals surface area (Å²) in [6.07, 6.45) is 0.731. The largest absolute Gasteiger partial charge is 0.507 e. The molecule has 0 aliphatic carbocycles. The molecule has 0 radical (unpaired) electrons. The molecule has 0 fully saturated rings. The van der Waals surface area contributed by atoms with Gasteiger partial charge >= 0.3 is 0 Å². The molecule has 66 valence electrons. The molecular weight excluding hydrogens is 154 g/mol. The van der Waals surface area contributed by atoms with E-state index >= 15 is 0 Å². The molecule has 0 amide bonds. The molecule has 1 heterocycles. The van der Waals surface area contributed by atoms with E-state index in [4.69, 9.17) is 0 Å². The second kappa shape index (κ2) is 3.01. The first-order valence-electron chi connectivity index (χ1n) is 3.99. The monoisotopic (exact) mass is 167 g/mol. The molecule has 0 aliphatic rings. The second-order valence-corrected chi connectivity index (χ2v) is 2.88. The lowest BCUT2D eigenvalue weighted by Crippen LogP contribution is -2.13. The summed E-state index contributed by atoms with van der Waals surface area (Å²) < 4.78 is 0. The van der Waals surface area contributed by atoms with Gasteiger partial charge in [-0.3, -0.25) is 4.79 Å². The Bertz CT molecular complexity index is 352. The molecule has 2 N–H and O–H groups in total. The highest BCUT2D eigenvalue weighted by molar-refractivity contribution is 5.39. The molecule has 12 heavy (non-hydrogen) atoms. The van der Waals surface area contributed by atoms with Crippen LogP contribution in [0.2, 0.25) is 0 Å². The Morgan fingerprint density at radius 1 is 1.33 bits per heavy atom. The van der Waals surface area contributed by atoms with Crippen LogP contribution in [0.5, 0.6) is 5.75 Å². The molecule has 0 aliphatic heterocycles. The van der Waals surface area contributed by atoms with Crippen LogP contribution in [-0.2, 0) is 6.42 Å². The summed E-state index contributed by atoms with van der Waals surface area (Å²) >= 11 is 0. The molecule has 3 heteroatoms. The fourth-order valence-corrected chi connectivity index (χ4v) is 1.21. The van der Waals surface area contributed by atoms with Crippen molar-refractivity contribution in [2.45, 2.75) is 27.2 Å². The van der Waals surface area contributed by atoms with Gasteiger partial charge in [-0.25, -0.2) is 0 Å². The Labute approximate surface area is 71.1 Å².